The number of ether oxygens (including phenoxy) is 2. The monoisotopic (exact) mass is 358 g/mol. The molecular formula is C16H8F2N4O2S. The lowest BCUT2D eigenvalue weighted by Gasteiger charge is -2.00. The highest BCUT2D eigenvalue weighted by Crippen LogP contribution is 2.36. The Labute approximate surface area is 143 Å². The fourth-order valence-electron chi connectivity index (χ4n) is 2.60. The molecule has 1 aliphatic heterocycles. The van der Waals surface area contributed by atoms with Crippen molar-refractivity contribution in [3.63, 3.8) is 0 Å². The Kier molecular flexibility index (Phi) is 2.98. The number of hydrogen-bond acceptors (Lipinski definition) is 6. The maximum atomic E-state index is 14.0. The second-order valence-corrected chi connectivity index (χ2v) is 6.27. The molecule has 0 spiro atoms. The van der Waals surface area contributed by atoms with Gasteiger partial charge in [-0.05, 0) is 36.4 Å². The molecule has 124 valence electrons. The molecule has 4 aromatic rings. The molecule has 0 radical (unpaired) electrons. The number of aromatic nitrogens is 4. The molecule has 0 unspecified atom stereocenters. The highest BCUT2D eigenvalue weighted by Gasteiger charge is 2.20. The van der Waals surface area contributed by atoms with E-state index in [2.05, 4.69) is 15.3 Å². The van der Waals surface area contributed by atoms with Gasteiger partial charge in [0.1, 0.15) is 11.6 Å². The average molecular weight is 358 g/mol. The minimum Gasteiger partial charge on any atom is -0.454 e. The van der Waals surface area contributed by atoms with Crippen LogP contribution in [0.1, 0.15) is 0 Å². The van der Waals surface area contributed by atoms with Crippen LogP contribution >= 0.6 is 11.3 Å². The molecule has 0 amide bonds. The highest BCUT2D eigenvalue weighted by molar-refractivity contribution is 7.19. The summed E-state index contributed by atoms with van der Waals surface area (Å²) in [6.07, 6.45) is 0. The van der Waals surface area contributed by atoms with Gasteiger partial charge in [0.25, 0.3) is 0 Å². The third-order valence-corrected chi connectivity index (χ3v) is 4.71. The fraction of sp³-hybridized carbons (Fsp3) is 0.0625. The summed E-state index contributed by atoms with van der Waals surface area (Å²) in [7, 11) is 0. The van der Waals surface area contributed by atoms with E-state index in [-0.39, 0.29) is 12.4 Å². The molecule has 0 saturated heterocycles. The van der Waals surface area contributed by atoms with Crippen LogP contribution in [-0.2, 0) is 0 Å². The van der Waals surface area contributed by atoms with Crippen molar-refractivity contribution in [1.82, 2.24) is 19.8 Å². The molecule has 2 aromatic carbocycles. The first-order valence-corrected chi connectivity index (χ1v) is 8.08. The van der Waals surface area contributed by atoms with Crippen LogP contribution in [0.4, 0.5) is 8.78 Å². The predicted molar refractivity (Wildman–Crippen MR) is 85.6 cm³/mol. The second-order valence-electron chi connectivity index (χ2n) is 5.32. The maximum Gasteiger partial charge on any atom is 0.235 e. The summed E-state index contributed by atoms with van der Waals surface area (Å²) in [5.74, 6) is 0.674. The zero-order valence-electron chi connectivity index (χ0n) is 12.4. The molecule has 0 bridgehead atoms. The molecule has 0 fully saturated rings. The summed E-state index contributed by atoms with van der Waals surface area (Å²) in [5, 5.41) is 12.9. The molecule has 2 aromatic heterocycles. The van der Waals surface area contributed by atoms with E-state index in [1.165, 1.54) is 4.52 Å². The van der Waals surface area contributed by atoms with Gasteiger partial charge in [-0.2, -0.15) is 9.61 Å². The Bertz CT molecular complexity index is 1120. The molecule has 9 heteroatoms. The van der Waals surface area contributed by atoms with Gasteiger partial charge in [-0.1, -0.05) is 11.3 Å². The number of hydrogen-bond donors (Lipinski definition) is 0. The number of halogens is 2. The lowest BCUT2D eigenvalue weighted by molar-refractivity contribution is 0.174. The van der Waals surface area contributed by atoms with Crippen molar-refractivity contribution in [3.05, 3.63) is 48.0 Å². The molecule has 0 saturated carbocycles. The normalized spacial score (nSPS) is 12.9. The first-order chi connectivity index (χ1) is 12.2. The summed E-state index contributed by atoms with van der Waals surface area (Å²) in [6, 6.07) is 8.62. The zero-order chi connectivity index (χ0) is 17.0. The Morgan fingerprint density at radius 1 is 1.00 bits per heavy atom. The van der Waals surface area contributed by atoms with Crippen molar-refractivity contribution in [2.75, 3.05) is 6.79 Å². The van der Waals surface area contributed by atoms with Gasteiger partial charge in [0.15, 0.2) is 22.3 Å². The molecular weight excluding hydrogens is 350 g/mol. The van der Waals surface area contributed by atoms with Crippen molar-refractivity contribution in [1.29, 1.82) is 0 Å². The lowest BCUT2D eigenvalue weighted by Crippen LogP contribution is -1.93. The SMILES string of the molecule is Fc1ccc(F)c(-c2nn3c(-c4ccc5c(c4)OCO5)nnc3s2)c1. The molecule has 0 aliphatic carbocycles. The number of rotatable bonds is 2. The number of benzene rings is 2. The third kappa shape index (κ3) is 2.23. The summed E-state index contributed by atoms with van der Waals surface area (Å²) < 4.78 is 39.6. The third-order valence-electron chi connectivity index (χ3n) is 3.78. The maximum absolute atomic E-state index is 14.0. The second kappa shape index (κ2) is 5.21. The quantitative estimate of drug-likeness (QED) is 0.549. The van der Waals surface area contributed by atoms with Crippen molar-refractivity contribution in [3.8, 4) is 33.5 Å². The van der Waals surface area contributed by atoms with Gasteiger partial charge >= 0.3 is 0 Å². The number of fused-ring (bicyclic) bond motifs is 2. The van der Waals surface area contributed by atoms with E-state index in [1.807, 2.05) is 6.07 Å². The molecule has 0 atom stereocenters. The van der Waals surface area contributed by atoms with Crippen LogP contribution < -0.4 is 9.47 Å². The van der Waals surface area contributed by atoms with Gasteiger partial charge in [0, 0.05) is 5.56 Å². The Hall–Kier alpha value is -3.07. The van der Waals surface area contributed by atoms with Crippen LogP contribution in [0.2, 0.25) is 0 Å². The Balaban J connectivity index is 1.64. The van der Waals surface area contributed by atoms with E-state index in [0.717, 1.165) is 35.1 Å². The average Bonchev–Trinajstić information content (AvgIpc) is 3.30. The van der Waals surface area contributed by atoms with Crippen molar-refractivity contribution in [2.24, 2.45) is 0 Å². The largest absolute Gasteiger partial charge is 0.454 e. The van der Waals surface area contributed by atoms with Gasteiger partial charge in [-0.25, -0.2) is 8.78 Å². The van der Waals surface area contributed by atoms with Gasteiger partial charge < -0.3 is 9.47 Å². The Morgan fingerprint density at radius 2 is 1.88 bits per heavy atom. The minimum absolute atomic E-state index is 0.0899. The van der Waals surface area contributed by atoms with Crippen LogP contribution in [0.25, 0.3) is 26.9 Å². The fourth-order valence-corrected chi connectivity index (χ4v) is 3.46. The van der Waals surface area contributed by atoms with Crippen LogP contribution in [-0.4, -0.2) is 26.6 Å². The molecule has 3 heterocycles. The lowest BCUT2D eigenvalue weighted by atomic mass is 10.2. The van der Waals surface area contributed by atoms with Crippen molar-refractivity contribution in [2.45, 2.75) is 0 Å². The van der Waals surface area contributed by atoms with Crippen LogP contribution in [0.3, 0.4) is 0 Å². The molecule has 6 nitrogen and oxygen atoms in total. The zero-order valence-corrected chi connectivity index (χ0v) is 13.3. The molecule has 1 aliphatic rings. The van der Waals surface area contributed by atoms with Crippen LogP contribution in [0.15, 0.2) is 36.4 Å². The van der Waals surface area contributed by atoms with E-state index in [9.17, 15) is 8.78 Å². The first-order valence-electron chi connectivity index (χ1n) is 7.27. The predicted octanol–water partition coefficient (Wildman–Crippen LogP) is 3.53. The first kappa shape index (κ1) is 14.3. The summed E-state index contributed by atoms with van der Waals surface area (Å²) in [5.41, 5.74) is 0.820. The smallest absolute Gasteiger partial charge is 0.235 e. The van der Waals surface area contributed by atoms with Crippen LogP contribution in [0, 0.1) is 11.6 Å². The summed E-state index contributed by atoms with van der Waals surface area (Å²) in [6.45, 7) is 0.174. The highest BCUT2D eigenvalue weighted by atomic mass is 32.1. The Morgan fingerprint density at radius 3 is 2.80 bits per heavy atom. The van der Waals surface area contributed by atoms with Gasteiger partial charge in [0.2, 0.25) is 11.8 Å². The van der Waals surface area contributed by atoms with Crippen molar-refractivity contribution >= 4 is 16.3 Å². The molecule has 0 N–H and O–H groups in total. The van der Waals surface area contributed by atoms with Gasteiger partial charge in [0.05, 0.1) is 5.56 Å². The van der Waals surface area contributed by atoms with E-state index < -0.39 is 11.6 Å². The molecule has 25 heavy (non-hydrogen) atoms. The van der Waals surface area contributed by atoms with Crippen molar-refractivity contribution < 1.29 is 18.3 Å². The number of nitrogens with zero attached hydrogens (tertiary/aromatic N) is 4. The standard InChI is InChI=1S/C16H8F2N4O2S/c17-9-2-3-11(18)10(6-9)15-21-22-14(19-20-16(22)25-15)8-1-4-12-13(5-8)24-7-23-12/h1-6H,7H2. The molecule has 5 rings (SSSR count). The topological polar surface area (TPSA) is 61.5 Å². The van der Waals surface area contributed by atoms with E-state index in [4.69, 9.17) is 9.47 Å². The summed E-state index contributed by atoms with van der Waals surface area (Å²) in [4.78, 5) is 0.478. The van der Waals surface area contributed by atoms with E-state index in [0.29, 0.717) is 27.3 Å². The summed E-state index contributed by atoms with van der Waals surface area (Å²) >= 11 is 1.13. The van der Waals surface area contributed by atoms with Crippen LogP contribution in [0.5, 0.6) is 11.5 Å². The van der Waals surface area contributed by atoms with E-state index >= 15 is 0 Å². The van der Waals surface area contributed by atoms with Gasteiger partial charge in [-0.15, -0.1) is 10.2 Å². The van der Waals surface area contributed by atoms with E-state index in [1.54, 1.807) is 12.1 Å². The minimum atomic E-state index is -0.545. The van der Waals surface area contributed by atoms with Gasteiger partial charge in [-0.3, -0.25) is 0 Å².